The van der Waals surface area contributed by atoms with Crippen LogP contribution in [0.2, 0.25) is 0 Å². The van der Waals surface area contributed by atoms with Crippen molar-refractivity contribution in [3.63, 3.8) is 0 Å². The van der Waals surface area contributed by atoms with Crippen LogP contribution in [0.1, 0.15) is 42.9 Å². The third kappa shape index (κ3) is 5.36. The van der Waals surface area contributed by atoms with Crippen LogP contribution in [0.4, 0.5) is 4.39 Å². The minimum absolute atomic E-state index is 0.0696. The zero-order valence-electron chi connectivity index (χ0n) is 15.0. The molecule has 0 radical (unpaired) electrons. The number of pyridine rings is 1. The second-order valence-electron chi connectivity index (χ2n) is 6.83. The van der Waals surface area contributed by atoms with E-state index >= 15 is 0 Å². The highest BCUT2D eigenvalue weighted by molar-refractivity contribution is 5.75. The number of amides is 1. The molecule has 1 unspecified atom stereocenters. The molecule has 1 amide bonds. The fraction of sp³-hybridized carbons (Fsp3) is 0.429. The predicted octanol–water partition coefficient (Wildman–Crippen LogP) is 3.50. The highest BCUT2D eigenvalue weighted by Crippen LogP contribution is 2.24. The van der Waals surface area contributed by atoms with Crippen LogP contribution in [0.3, 0.4) is 0 Å². The summed E-state index contributed by atoms with van der Waals surface area (Å²) >= 11 is 0. The lowest BCUT2D eigenvalue weighted by Crippen LogP contribution is -2.36. The van der Waals surface area contributed by atoms with Gasteiger partial charge in [-0.1, -0.05) is 18.2 Å². The number of carbonyl (C=O) groups excluding carboxylic acids is 1. The van der Waals surface area contributed by atoms with E-state index in [-0.39, 0.29) is 17.8 Å². The first-order chi connectivity index (χ1) is 12.7. The van der Waals surface area contributed by atoms with E-state index in [1.54, 1.807) is 6.20 Å². The smallest absolute Gasteiger partial charge is 0.220 e. The van der Waals surface area contributed by atoms with Gasteiger partial charge in [-0.3, -0.25) is 14.7 Å². The molecule has 1 aliphatic rings. The fourth-order valence-corrected chi connectivity index (χ4v) is 3.49. The number of likely N-dealkylation sites (tertiary alicyclic amines) is 1. The van der Waals surface area contributed by atoms with Crippen LogP contribution in [-0.4, -0.2) is 35.4 Å². The Balaban J connectivity index is 1.50. The molecule has 0 bridgehead atoms. The molecule has 1 atom stereocenters. The first kappa shape index (κ1) is 18.5. The highest BCUT2D eigenvalue weighted by Gasteiger charge is 2.23. The van der Waals surface area contributed by atoms with Crippen molar-refractivity contribution in [3.8, 4) is 0 Å². The maximum Gasteiger partial charge on any atom is 0.220 e. The molecule has 1 aromatic carbocycles. The van der Waals surface area contributed by atoms with Crippen molar-refractivity contribution < 1.29 is 9.18 Å². The summed E-state index contributed by atoms with van der Waals surface area (Å²) < 4.78 is 13.2. The Morgan fingerprint density at radius 2 is 1.96 bits per heavy atom. The first-order valence-electron chi connectivity index (χ1n) is 9.37. The van der Waals surface area contributed by atoms with Gasteiger partial charge in [0.1, 0.15) is 5.82 Å². The molecular weight excluding hydrogens is 329 g/mol. The Labute approximate surface area is 154 Å². The highest BCUT2D eigenvalue weighted by atomic mass is 19.1. The van der Waals surface area contributed by atoms with Crippen LogP contribution in [-0.2, 0) is 11.2 Å². The molecule has 2 aromatic rings. The number of halogens is 1. The molecule has 1 N–H and O–H groups in total. The summed E-state index contributed by atoms with van der Waals surface area (Å²) in [5.74, 6) is -0.159. The largest absolute Gasteiger partial charge is 0.354 e. The van der Waals surface area contributed by atoms with E-state index in [9.17, 15) is 9.18 Å². The molecular formula is C21H26FN3O. The third-order valence-corrected chi connectivity index (χ3v) is 4.92. The Bertz CT molecular complexity index is 684. The average molecular weight is 355 g/mol. The van der Waals surface area contributed by atoms with Gasteiger partial charge in [0.15, 0.2) is 0 Å². The number of rotatable bonds is 8. The number of nitrogens with zero attached hydrogens (tertiary/aromatic N) is 2. The number of aromatic nitrogens is 1. The Morgan fingerprint density at radius 1 is 1.19 bits per heavy atom. The minimum atomic E-state index is -0.228. The molecule has 1 aliphatic heterocycles. The van der Waals surface area contributed by atoms with Crippen molar-refractivity contribution in [2.45, 2.75) is 38.1 Å². The summed E-state index contributed by atoms with van der Waals surface area (Å²) in [4.78, 5) is 18.7. The van der Waals surface area contributed by atoms with Gasteiger partial charge in [0.2, 0.25) is 5.91 Å². The maximum atomic E-state index is 13.2. The van der Waals surface area contributed by atoms with Crippen LogP contribution in [0.5, 0.6) is 0 Å². The molecule has 1 fully saturated rings. The van der Waals surface area contributed by atoms with E-state index in [4.69, 9.17) is 0 Å². The lowest BCUT2D eigenvalue weighted by molar-refractivity contribution is -0.121. The molecule has 1 saturated heterocycles. The van der Waals surface area contributed by atoms with Crippen molar-refractivity contribution in [1.29, 1.82) is 0 Å². The predicted molar refractivity (Wildman–Crippen MR) is 100 cm³/mol. The molecule has 3 rings (SSSR count). The quantitative estimate of drug-likeness (QED) is 0.788. The molecule has 2 heterocycles. The molecule has 4 nitrogen and oxygen atoms in total. The van der Waals surface area contributed by atoms with Gasteiger partial charge in [-0.15, -0.1) is 0 Å². The first-order valence-corrected chi connectivity index (χ1v) is 9.37. The number of carbonyl (C=O) groups is 1. The Morgan fingerprint density at radius 3 is 2.65 bits per heavy atom. The number of benzene rings is 1. The van der Waals surface area contributed by atoms with Gasteiger partial charge in [-0.2, -0.15) is 0 Å². The van der Waals surface area contributed by atoms with Crippen LogP contribution in [0, 0.1) is 5.82 Å². The maximum absolute atomic E-state index is 13.2. The van der Waals surface area contributed by atoms with Crippen LogP contribution in [0.25, 0.3) is 0 Å². The van der Waals surface area contributed by atoms with Gasteiger partial charge in [-0.05, 0) is 68.1 Å². The van der Waals surface area contributed by atoms with Gasteiger partial charge < -0.3 is 5.32 Å². The summed E-state index contributed by atoms with van der Waals surface area (Å²) in [6, 6.07) is 10.7. The van der Waals surface area contributed by atoms with E-state index in [0.29, 0.717) is 13.0 Å². The summed E-state index contributed by atoms with van der Waals surface area (Å²) in [6.45, 7) is 2.62. The number of hydrogen-bond donors (Lipinski definition) is 1. The van der Waals surface area contributed by atoms with E-state index in [1.807, 2.05) is 30.5 Å². The van der Waals surface area contributed by atoms with Gasteiger partial charge in [0.05, 0.1) is 6.04 Å². The van der Waals surface area contributed by atoms with E-state index in [2.05, 4.69) is 15.2 Å². The Kier molecular flexibility index (Phi) is 6.72. The molecule has 1 aromatic heterocycles. The number of hydrogen-bond acceptors (Lipinski definition) is 3. The molecule has 0 aliphatic carbocycles. The monoisotopic (exact) mass is 355 g/mol. The van der Waals surface area contributed by atoms with Crippen molar-refractivity contribution in [2.75, 3.05) is 19.6 Å². The molecule has 138 valence electrons. The zero-order valence-corrected chi connectivity index (χ0v) is 15.0. The summed E-state index contributed by atoms with van der Waals surface area (Å²) in [6.07, 6.45) is 8.12. The third-order valence-electron chi connectivity index (χ3n) is 4.92. The summed E-state index contributed by atoms with van der Waals surface area (Å²) in [7, 11) is 0. The van der Waals surface area contributed by atoms with Crippen LogP contribution < -0.4 is 5.32 Å². The van der Waals surface area contributed by atoms with Crippen molar-refractivity contribution in [2.24, 2.45) is 0 Å². The van der Waals surface area contributed by atoms with Gasteiger partial charge in [-0.25, -0.2) is 4.39 Å². The summed E-state index contributed by atoms with van der Waals surface area (Å²) in [5.41, 5.74) is 2.21. The second-order valence-corrected chi connectivity index (χ2v) is 6.83. The second kappa shape index (κ2) is 9.43. The number of aryl methyl sites for hydroxylation is 1. The zero-order chi connectivity index (χ0) is 18.2. The van der Waals surface area contributed by atoms with E-state index in [1.165, 1.54) is 25.0 Å². The SMILES string of the molecule is O=C(CCCc1cccnc1)NCC(c1ccc(F)cc1)N1CCCC1. The van der Waals surface area contributed by atoms with Crippen molar-refractivity contribution >= 4 is 5.91 Å². The summed E-state index contributed by atoms with van der Waals surface area (Å²) in [5, 5.41) is 3.07. The van der Waals surface area contributed by atoms with Crippen LogP contribution in [0.15, 0.2) is 48.8 Å². The number of nitrogens with one attached hydrogen (secondary N) is 1. The van der Waals surface area contributed by atoms with Gasteiger partial charge >= 0.3 is 0 Å². The van der Waals surface area contributed by atoms with E-state index < -0.39 is 0 Å². The van der Waals surface area contributed by atoms with Crippen molar-refractivity contribution in [1.82, 2.24) is 15.2 Å². The van der Waals surface area contributed by atoms with E-state index in [0.717, 1.165) is 37.1 Å². The normalized spacial score (nSPS) is 15.7. The van der Waals surface area contributed by atoms with Gasteiger partial charge in [0.25, 0.3) is 0 Å². The fourth-order valence-electron chi connectivity index (χ4n) is 3.49. The molecule has 5 heteroatoms. The van der Waals surface area contributed by atoms with Gasteiger partial charge in [0, 0.05) is 25.4 Å². The Hall–Kier alpha value is -2.27. The van der Waals surface area contributed by atoms with Crippen molar-refractivity contribution in [3.05, 3.63) is 65.7 Å². The molecule has 0 saturated carbocycles. The topological polar surface area (TPSA) is 45.2 Å². The lowest BCUT2D eigenvalue weighted by atomic mass is 10.0. The minimum Gasteiger partial charge on any atom is -0.354 e. The standard InChI is InChI=1S/C21H26FN3O/c22-19-10-8-18(9-11-19)20(25-13-1-2-14-25)16-24-21(26)7-3-5-17-6-4-12-23-15-17/h4,6,8-12,15,20H,1-3,5,7,13-14,16H2,(H,24,26). The van der Waals surface area contributed by atoms with Crippen LogP contribution >= 0.6 is 0 Å². The average Bonchev–Trinajstić information content (AvgIpc) is 3.19. The lowest BCUT2D eigenvalue weighted by Gasteiger charge is -2.28. The molecule has 0 spiro atoms. The molecule has 26 heavy (non-hydrogen) atoms.